The van der Waals surface area contributed by atoms with Gasteiger partial charge >= 0.3 is 0 Å². The second kappa shape index (κ2) is 4.37. The Morgan fingerprint density at radius 2 is 2.21 bits per heavy atom. The lowest BCUT2D eigenvalue weighted by Gasteiger charge is -2.19. The summed E-state index contributed by atoms with van der Waals surface area (Å²) in [6, 6.07) is 9.37. The molecule has 0 amide bonds. The Morgan fingerprint density at radius 3 is 2.93 bits per heavy atom. The highest BCUT2D eigenvalue weighted by atomic mass is 32.2. The third kappa shape index (κ3) is 1.69. The van der Waals surface area contributed by atoms with Crippen LogP contribution in [0.3, 0.4) is 0 Å². The summed E-state index contributed by atoms with van der Waals surface area (Å²) in [4.78, 5) is 0. The van der Waals surface area contributed by atoms with Crippen molar-refractivity contribution in [2.45, 2.75) is 24.6 Å². The van der Waals surface area contributed by atoms with E-state index in [1.54, 1.807) is 0 Å². The third-order valence-corrected chi connectivity index (χ3v) is 3.95. The van der Waals surface area contributed by atoms with Crippen LogP contribution < -0.4 is 5.32 Å². The fraction of sp³-hybridized carbons (Fsp3) is 0.500. The molecule has 0 radical (unpaired) electrons. The van der Waals surface area contributed by atoms with Crippen molar-refractivity contribution >= 4 is 11.8 Å². The topological polar surface area (TPSA) is 12.0 Å². The number of fused-ring (bicyclic) bond motifs is 1. The fourth-order valence-corrected chi connectivity index (χ4v) is 3.10. The van der Waals surface area contributed by atoms with Crippen LogP contribution in [-0.4, -0.2) is 18.1 Å². The molecule has 1 aromatic rings. The van der Waals surface area contributed by atoms with Crippen molar-refractivity contribution in [3.8, 4) is 0 Å². The van der Waals surface area contributed by atoms with Crippen molar-refractivity contribution in [2.75, 3.05) is 12.8 Å². The van der Waals surface area contributed by atoms with Crippen LogP contribution in [0.2, 0.25) is 0 Å². The zero-order chi connectivity index (χ0) is 9.97. The van der Waals surface area contributed by atoms with Crippen molar-refractivity contribution in [2.24, 2.45) is 0 Å². The summed E-state index contributed by atoms with van der Waals surface area (Å²) in [5, 5.41) is 4.30. The zero-order valence-corrected chi connectivity index (χ0v) is 9.60. The van der Waals surface area contributed by atoms with E-state index >= 15 is 0 Å². The van der Waals surface area contributed by atoms with Gasteiger partial charge in [0.15, 0.2) is 0 Å². The predicted octanol–water partition coefficient (Wildman–Crippen LogP) is 2.62. The van der Waals surface area contributed by atoms with Crippen molar-refractivity contribution in [1.29, 1.82) is 0 Å². The average molecular weight is 207 g/mol. The Balaban J connectivity index is 2.27. The Labute approximate surface area is 90.3 Å². The molecule has 1 aliphatic carbocycles. The maximum Gasteiger partial charge on any atom is 0.0446 e. The predicted molar refractivity (Wildman–Crippen MR) is 63.9 cm³/mol. The van der Waals surface area contributed by atoms with Gasteiger partial charge in [0.1, 0.15) is 0 Å². The molecule has 76 valence electrons. The first-order valence-corrected chi connectivity index (χ1v) is 6.49. The largest absolute Gasteiger partial charge is 0.309 e. The van der Waals surface area contributed by atoms with Gasteiger partial charge in [-0.1, -0.05) is 31.2 Å². The van der Waals surface area contributed by atoms with Gasteiger partial charge in [-0.15, -0.1) is 0 Å². The number of benzene rings is 1. The van der Waals surface area contributed by atoms with E-state index in [1.165, 1.54) is 17.5 Å². The summed E-state index contributed by atoms with van der Waals surface area (Å²) >= 11 is 1.97. The van der Waals surface area contributed by atoms with Gasteiger partial charge in [-0.3, -0.25) is 0 Å². The summed E-state index contributed by atoms with van der Waals surface area (Å²) in [5.41, 5.74) is 3.03. The molecule has 2 heteroatoms. The van der Waals surface area contributed by atoms with Crippen LogP contribution in [0.5, 0.6) is 0 Å². The molecule has 0 aromatic heterocycles. The first-order chi connectivity index (χ1) is 6.86. The van der Waals surface area contributed by atoms with Gasteiger partial charge in [0.05, 0.1) is 0 Å². The molecule has 0 spiro atoms. The maximum absolute atomic E-state index is 3.58. The smallest absolute Gasteiger partial charge is 0.0446 e. The molecular formula is C12H17NS. The molecule has 1 aromatic carbocycles. The molecule has 2 atom stereocenters. The summed E-state index contributed by atoms with van der Waals surface area (Å²) in [5.74, 6) is 0. The molecule has 14 heavy (non-hydrogen) atoms. The van der Waals surface area contributed by atoms with Crippen molar-refractivity contribution < 1.29 is 0 Å². The van der Waals surface area contributed by atoms with Crippen LogP contribution in [-0.2, 0) is 6.42 Å². The van der Waals surface area contributed by atoms with Crippen LogP contribution in [0.25, 0.3) is 0 Å². The van der Waals surface area contributed by atoms with E-state index in [0.29, 0.717) is 11.3 Å². The van der Waals surface area contributed by atoms with E-state index in [-0.39, 0.29) is 0 Å². The normalized spacial score (nSPS) is 25.0. The monoisotopic (exact) mass is 207 g/mol. The van der Waals surface area contributed by atoms with Crippen LogP contribution in [0, 0.1) is 0 Å². The van der Waals surface area contributed by atoms with E-state index in [4.69, 9.17) is 0 Å². The Hall–Kier alpha value is -0.470. The van der Waals surface area contributed by atoms with Gasteiger partial charge in [0.25, 0.3) is 0 Å². The standard InChI is InChI=1S/C12H17NS/c1-3-13-12-10-7-5-4-6-9(10)8-11(12)14-2/h4-7,11-13H,3,8H2,1-2H3. The molecule has 0 heterocycles. The van der Waals surface area contributed by atoms with Crippen LogP contribution in [0.4, 0.5) is 0 Å². The fourth-order valence-electron chi connectivity index (χ4n) is 2.24. The van der Waals surface area contributed by atoms with E-state index < -0.39 is 0 Å². The molecular weight excluding hydrogens is 190 g/mol. The van der Waals surface area contributed by atoms with Gasteiger partial charge in [0.2, 0.25) is 0 Å². The zero-order valence-electron chi connectivity index (χ0n) is 8.79. The van der Waals surface area contributed by atoms with Crippen LogP contribution in [0.15, 0.2) is 24.3 Å². The Morgan fingerprint density at radius 1 is 1.43 bits per heavy atom. The Kier molecular flexibility index (Phi) is 3.14. The molecule has 0 aliphatic heterocycles. The Bertz CT molecular complexity index is 311. The van der Waals surface area contributed by atoms with Gasteiger partial charge < -0.3 is 5.32 Å². The molecule has 0 saturated heterocycles. The number of nitrogens with one attached hydrogen (secondary N) is 1. The van der Waals surface area contributed by atoms with Crippen molar-refractivity contribution in [3.63, 3.8) is 0 Å². The van der Waals surface area contributed by atoms with Crippen LogP contribution >= 0.6 is 11.8 Å². The average Bonchev–Trinajstić information content (AvgIpc) is 2.58. The maximum atomic E-state index is 3.58. The summed E-state index contributed by atoms with van der Waals surface area (Å²) in [6.07, 6.45) is 3.43. The SMILES string of the molecule is CCNC1c2ccccc2CC1SC. The molecule has 0 saturated carbocycles. The third-order valence-electron chi connectivity index (χ3n) is 2.91. The van der Waals surface area contributed by atoms with E-state index in [9.17, 15) is 0 Å². The highest BCUT2D eigenvalue weighted by Crippen LogP contribution is 2.37. The number of rotatable bonds is 3. The summed E-state index contributed by atoms with van der Waals surface area (Å²) < 4.78 is 0. The van der Waals surface area contributed by atoms with E-state index in [2.05, 4.69) is 42.8 Å². The molecule has 1 nitrogen and oxygen atoms in total. The molecule has 2 rings (SSSR count). The molecule has 1 N–H and O–H groups in total. The summed E-state index contributed by atoms with van der Waals surface area (Å²) in [6.45, 7) is 3.23. The molecule has 0 fully saturated rings. The first kappa shape index (κ1) is 10.1. The quantitative estimate of drug-likeness (QED) is 0.817. The lowest BCUT2D eigenvalue weighted by atomic mass is 10.1. The first-order valence-electron chi connectivity index (χ1n) is 5.20. The molecule has 0 bridgehead atoms. The number of thioether (sulfide) groups is 1. The lowest BCUT2D eigenvalue weighted by Crippen LogP contribution is -2.26. The minimum Gasteiger partial charge on any atom is -0.309 e. The highest BCUT2D eigenvalue weighted by molar-refractivity contribution is 7.99. The van der Waals surface area contributed by atoms with E-state index in [1.807, 2.05) is 11.8 Å². The lowest BCUT2D eigenvalue weighted by molar-refractivity contribution is 0.561. The second-order valence-corrected chi connectivity index (χ2v) is 4.79. The summed E-state index contributed by atoms with van der Waals surface area (Å²) in [7, 11) is 0. The highest BCUT2D eigenvalue weighted by Gasteiger charge is 2.30. The van der Waals surface area contributed by atoms with Gasteiger partial charge in [-0.25, -0.2) is 0 Å². The minimum absolute atomic E-state index is 0.561. The van der Waals surface area contributed by atoms with Crippen LogP contribution in [0.1, 0.15) is 24.1 Å². The molecule has 2 unspecified atom stereocenters. The van der Waals surface area contributed by atoms with Gasteiger partial charge in [-0.05, 0) is 30.3 Å². The van der Waals surface area contributed by atoms with E-state index in [0.717, 1.165) is 6.54 Å². The number of hydrogen-bond donors (Lipinski definition) is 1. The van der Waals surface area contributed by atoms with Crippen molar-refractivity contribution in [3.05, 3.63) is 35.4 Å². The molecule has 1 aliphatic rings. The van der Waals surface area contributed by atoms with Gasteiger partial charge in [0, 0.05) is 11.3 Å². The van der Waals surface area contributed by atoms with Crippen molar-refractivity contribution in [1.82, 2.24) is 5.32 Å². The second-order valence-electron chi connectivity index (χ2n) is 3.71. The van der Waals surface area contributed by atoms with Gasteiger partial charge in [-0.2, -0.15) is 11.8 Å². The number of hydrogen-bond acceptors (Lipinski definition) is 2. The minimum atomic E-state index is 0.561.